The van der Waals surface area contributed by atoms with Gasteiger partial charge in [-0.05, 0) is 36.5 Å². The van der Waals surface area contributed by atoms with E-state index in [2.05, 4.69) is 15.4 Å². The Balaban J connectivity index is 2.44. The number of rotatable bonds is 4. The summed E-state index contributed by atoms with van der Waals surface area (Å²) in [6.45, 7) is 0. The number of hydrogen-bond acceptors (Lipinski definition) is 6. The number of halogens is 1. The minimum Gasteiger partial charge on any atom is -0.467 e. The topological polar surface area (TPSA) is 108 Å². The van der Waals surface area contributed by atoms with Crippen molar-refractivity contribution in [3.05, 3.63) is 35.6 Å². The smallest absolute Gasteiger partial charge is 0.334 e. The lowest BCUT2D eigenvalue weighted by Crippen LogP contribution is -2.70. The number of carbonyl (C=O) groups is 3. The van der Waals surface area contributed by atoms with Crippen LogP contribution in [0.5, 0.6) is 0 Å². The van der Waals surface area contributed by atoms with E-state index in [-0.39, 0.29) is 10.7 Å². The second kappa shape index (κ2) is 6.72. The van der Waals surface area contributed by atoms with Gasteiger partial charge in [0.1, 0.15) is 5.82 Å². The number of nitrogens with zero attached hydrogens (tertiary/aromatic N) is 1. The van der Waals surface area contributed by atoms with Crippen LogP contribution in [0.2, 0.25) is 0 Å². The van der Waals surface area contributed by atoms with Crippen LogP contribution < -0.4 is 10.6 Å². The number of amides is 1. The summed E-state index contributed by atoms with van der Waals surface area (Å²) in [6, 6.07) is 6.36. The first-order valence-corrected chi connectivity index (χ1v) is 7.14. The molecule has 1 aliphatic heterocycles. The Bertz CT molecular complexity index is 759. The Morgan fingerprint density at radius 2 is 2.04 bits per heavy atom. The van der Waals surface area contributed by atoms with Gasteiger partial charge in [-0.25, -0.2) is 9.18 Å². The van der Waals surface area contributed by atoms with Gasteiger partial charge in [-0.3, -0.25) is 9.59 Å². The van der Waals surface area contributed by atoms with E-state index in [1.165, 1.54) is 12.1 Å². The van der Waals surface area contributed by atoms with Crippen molar-refractivity contribution in [3.8, 4) is 6.07 Å². The van der Waals surface area contributed by atoms with Crippen molar-refractivity contribution in [3.63, 3.8) is 0 Å². The molecule has 0 aromatic heterocycles. The van der Waals surface area contributed by atoms with Crippen LogP contribution in [0.4, 0.5) is 4.39 Å². The average molecular weight is 349 g/mol. The summed E-state index contributed by atoms with van der Waals surface area (Å²) >= 11 is 4.87. The van der Waals surface area contributed by atoms with Gasteiger partial charge in [0.15, 0.2) is 22.4 Å². The second-order valence-electron chi connectivity index (χ2n) is 5.08. The maximum Gasteiger partial charge on any atom is 0.334 e. The molecule has 2 atom stereocenters. The normalized spacial score (nSPS) is 22.8. The van der Waals surface area contributed by atoms with E-state index in [9.17, 15) is 24.0 Å². The van der Waals surface area contributed by atoms with Crippen molar-refractivity contribution in [1.29, 1.82) is 5.26 Å². The zero-order valence-corrected chi connectivity index (χ0v) is 13.3. The summed E-state index contributed by atoms with van der Waals surface area (Å²) in [5, 5.41) is 13.9. The van der Waals surface area contributed by atoms with Crippen molar-refractivity contribution in [1.82, 2.24) is 10.6 Å². The van der Waals surface area contributed by atoms with Crippen LogP contribution in [0.15, 0.2) is 24.3 Å². The highest BCUT2D eigenvalue weighted by Crippen LogP contribution is 2.28. The third-order valence-electron chi connectivity index (χ3n) is 3.61. The zero-order chi connectivity index (χ0) is 17.9. The fraction of sp³-hybridized carbons (Fsp3) is 0.267. The van der Waals surface area contributed by atoms with E-state index >= 15 is 0 Å². The molecule has 124 valence electrons. The summed E-state index contributed by atoms with van der Waals surface area (Å²) in [7, 11) is 1.07. The van der Waals surface area contributed by atoms with E-state index in [0.29, 0.717) is 0 Å². The van der Waals surface area contributed by atoms with Crippen LogP contribution in [0.3, 0.4) is 0 Å². The van der Waals surface area contributed by atoms with Crippen LogP contribution in [0.1, 0.15) is 16.8 Å². The first-order chi connectivity index (χ1) is 11.3. The largest absolute Gasteiger partial charge is 0.467 e. The first kappa shape index (κ1) is 17.5. The molecule has 1 aromatic rings. The van der Waals surface area contributed by atoms with Crippen LogP contribution in [0.25, 0.3) is 0 Å². The monoisotopic (exact) mass is 349 g/mol. The minimum absolute atomic E-state index is 0.120. The average Bonchev–Trinajstić information content (AvgIpc) is 2.54. The summed E-state index contributed by atoms with van der Waals surface area (Å²) in [5.41, 5.74) is -1.83. The standard InChI is InChI=1S/C15H12FN3O4S/c1-23-13(22)15(10(7-17)12(21)18-14(24)19-15)6-11(20)8-2-4-9(16)5-3-8/h2-5,10H,6H2,1H3,(H2,18,19,21,24)/t10-,15-/m0/s1. The molecule has 24 heavy (non-hydrogen) atoms. The summed E-state index contributed by atoms with van der Waals surface area (Å²) in [5.74, 6) is -4.41. The van der Waals surface area contributed by atoms with Crippen molar-refractivity contribution in [2.45, 2.75) is 12.0 Å². The fourth-order valence-corrected chi connectivity index (χ4v) is 2.73. The molecule has 0 bridgehead atoms. The van der Waals surface area contributed by atoms with Crippen LogP contribution >= 0.6 is 12.2 Å². The Kier molecular flexibility index (Phi) is 4.90. The summed E-state index contributed by atoms with van der Waals surface area (Å²) < 4.78 is 17.6. The van der Waals surface area contributed by atoms with Gasteiger partial charge in [-0.15, -0.1) is 0 Å². The van der Waals surface area contributed by atoms with E-state index < -0.39 is 41.4 Å². The summed E-state index contributed by atoms with van der Waals surface area (Å²) in [4.78, 5) is 36.8. The highest BCUT2D eigenvalue weighted by molar-refractivity contribution is 7.80. The number of carbonyl (C=O) groups excluding carboxylic acids is 3. The molecular weight excluding hydrogens is 337 g/mol. The SMILES string of the molecule is COC(=O)[C@@]1(CC(=O)c2ccc(F)cc2)NC(=S)NC(=O)[C@@H]1C#N. The molecule has 0 unspecified atom stereocenters. The predicted molar refractivity (Wildman–Crippen MR) is 83.1 cm³/mol. The van der Waals surface area contributed by atoms with Crippen molar-refractivity contribution in [2.24, 2.45) is 5.92 Å². The Labute approximate surface area is 141 Å². The number of ether oxygens (including phenoxy) is 1. The molecule has 1 aromatic carbocycles. The number of nitrogens with one attached hydrogen (secondary N) is 2. The molecule has 0 spiro atoms. The minimum atomic E-state index is -1.95. The van der Waals surface area contributed by atoms with Gasteiger partial charge in [-0.2, -0.15) is 5.26 Å². The van der Waals surface area contributed by atoms with Gasteiger partial charge in [0.05, 0.1) is 13.2 Å². The zero-order valence-electron chi connectivity index (χ0n) is 12.5. The molecule has 2 N–H and O–H groups in total. The first-order valence-electron chi connectivity index (χ1n) is 6.74. The van der Waals surface area contributed by atoms with Gasteiger partial charge in [-0.1, -0.05) is 0 Å². The molecule has 2 rings (SSSR count). The molecule has 1 aliphatic rings. The van der Waals surface area contributed by atoms with Gasteiger partial charge < -0.3 is 15.4 Å². The van der Waals surface area contributed by atoms with Crippen molar-refractivity contribution in [2.75, 3.05) is 7.11 Å². The Morgan fingerprint density at radius 3 is 2.58 bits per heavy atom. The number of esters is 1. The number of Topliss-reactive ketones (excluding diaryl/α,β-unsaturated/α-hetero) is 1. The maximum absolute atomic E-state index is 13.0. The van der Waals surface area contributed by atoms with E-state index in [4.69, 9.17) is 12.2 Å². The maximum atomic E-state index is 13.0. The molecule has 0 radical (unpaired) electrons. The highest BCUT2D eigenvalue weighted by Gasteiger charge is 2.55. The van der Waals surface area contributed by atoms with E-state index in [0.717, 1.165) is 19.2 Å². The van der Waals surface area contributed by atoms with E-state index in [1.54, 1.807) is 6.07 Å². The second-order valence-corrected chi connectivity index (χ2v) is 5.48. The lowest BCUT2D eigenvalue weighted by atomic mass is 9.77. The van der Waals surface area contributed by atoms with E-state index in [1.807, 2.05) is 0 Å². The molecular formula is C15H12FN3O4S. The van der Waals surface area contributed by atoms with Crippen LogP contribution in [-0.4, -0.2) is 35.4 Å². The van der Waals surface area contributed by atoms with Gasteiger partial charge in [0.25, 0.3) is 0 Å². The molecule has 9 heteroatoms. The van der Waals surface area contributed by atoms with Crippen molar-refractivity contribution >= 4 is 35.0 Å². The van der Waals surface area contributed by atoms with Crippen LogP contribution in [0, 0.1) is 23.1 Å². The van der Waals surface area contributed by atoms with Gasteiger partial charge in [0.2, 0.25) is 5.91 Å². The third-order valence-corrected chi connectivity index (χ3v) is 3.82. The number of benzene rings is 1. The molecule has 1 saturated heterocycles. The number of nitriles is 1. The lowest BCUT2D eigenvalue weighted by Gasteiger charge is -2.38. The van der Waals surface area contributed by atoms with Gasteiger partial charge >= 0.3 is 5.97 Å². The van der Waals surface area contributed by atoms with Gasteiger partial charge in [0, 0.05) is 12.0 Å². The van der Waals surface area contributed by atoms with Crippen LogP contribution in [-0.2, 0) is 14.3 Å². The predicted octanol–water partition coefficient (Wildman–Crippen LogP) is 0.454. The number of ketones is 1. The molecule has 0 aliphatic carbocycles. The Morgan fingerprint density at radius 1 is 1.42 bits per heavy atom. The summed E-state index contributed by atoms with van der Waals surface area (Å²) in [6.07, 6.45) is -0.558. The quantitative estimate of drug-likeness (QED) is 0.462. The fourth-order valence-electron chi connectivity index (χ4n) is 2.44. The number of methoxy groups -OCH3 is 1. The number of hydrogen-bond donors (Lipinski definition) is 2. The number of thiocarbonyl (C=S) groups is 1. The highest BCUT2D eigenvalue weighted by atomic mass is 32.1. The molecule has 1 amide bonds. The molecule has 7 nitrogen and oxygen atoms in total. The molecule has 1 heterocycles. The molecule has 0 saturated carbocycles. The van der Waals surface area contributed by atoms with Crippen molar-refractivity contribution < 1.29 is 23.5 Å². The Hall–Kier alpha value is -2.86. The third kappa shape index (κ3) is 3.09. The lowest BCUT2D eigenvalue weighted by molar-refractivity contribution is -0.152. The molecule has 1 fully saturated rings.